The van der Waals surface area contributed by atoms with E-state index in [1.165, 1.54) is 14.0 Å². The van der Waals surface area contributed by atoms with E-state index in [1.54, 1.807) is 48.5 Å². The van der Waals surface area contributed by atoms with E-state index >= 15 is 0 Å². The lowest BCUT2D eigenvalue weighted by atomic mass is 10.0. The van der Waals surface area contributed by atoms with Gasteiger partial charge in [-0.15, -0.1) is 0 Å². The van der Waals surface area contributed by atoms with Gasteiger partial charge in [0, 0.05) is 12.5 Å². The fourth-order valence-electron chi connectivity index (χ4n) is 2.82. The Labute approximate surface area is 152 Å². The highest BCUT2D eigenvalue weighted by molar-refractivity contribution is 7.90. The maximum Gasteiger partial charge on any atom is 0.308 e. The highest BCUT2D eigenvalue weighted by Crippen LogP contribution is 2.38. The zero-order chi connectivity index (χ0) is 18.7. The van der Waals surface area contributed by atoms with Crippen molar-refractivity contribution in [3.63, 3.8) is 0 Å². The van der Waals surface area contributed by atoms with Crippen molar-refractivity contribution in [2.75, 3.05) is 7.11 Å². The molecule has 6 heteroatoms. The maximum absolute atomic E-state index is 12.8. The molecule has 0 aliphatic heterocycles. The second-order valence-electron chi connectivity index (χ2n) is 5.78. The number of carbonyl (C=O) groups excluding carboxylic acids is 1. The number of fused-ring (bicyclic) bond motifs is 1. The molecule has 5 nitrogen and oxygen atoms in total. The Bertz CT molecular complexity index is 1060. The van der Waals surface area contributed by atoms with Gasteiger partial charge in [0.05, 0.1) is 23.1 Å². The average molecular weight is 370 g/mol. The highest BCUT2D eigenvalue weighted by atomic mass is 32.2. The lowest BCUT2D eigenvalue weighted by molar-refractivity contribution is -0.131. The van der Waals surface area contributed by atoms with Crippen LogP contribution in [0.3, 0.4) is 0 Å². The van der Waals surface area contributed by atoms with Gasteiger partial charge >= 0.3 is 5.97 Å². The number of benzene rings is 3. The average Bonchev–Trinajstić information content (AvgIpc) is 2.63. The minimum absolute atomic E-state index is 0.215. The number of hydrogen-bond donors (Lipinski definition) is 0. The molecule has 0 aromatic heterocycles. The fourth-order valence-corrected chi connectivity index (χ4v) is 4.19. The molecule has 0 unspecified atom stereocenters. The molecule has 3 aromatic rings. The van der Waals surface area contributed by atoms with Gasteiger partial charge < -0.3 is 9.47 Å². The maximum atomic E-state index is 12.8. The standard InChI is InChI=1S/C20H18O5S/c1-14(21)25-20-16(13-26(22,23)17-8-4-3-5-9-17)12-11-15-7-6-10-18(24-2)19(15)20/h3-12H,13H2,1-2H3. The first kappa shape index (κ1) is 17.9. The Hall–Kier alpha value is -2.86. The second kappa shape index (κ2) is 7.17. The zero-order valence-corrected chi connectivity index (χ0v) is 15.2. The minimum Gasteiger partial charge on any atom is -0.496 e. The first-order valence-corrected chi connectivity index (χ1v) is 9.62. The largest absolute Gasteiger partial charge is 0.496 e. The lowest BCUT2D eigenvalue weighted by Crippen LogP contribution is -2.09. The molecular weight excluding hydrogens is 352 g/mol. The molecule has 26 heavy (non-hydrogen) atoms. The minimum atomic E-state index is -3.59. The van der Waals surface area contributed by atoms with Crippen LogP contribution >= 0.6 is 0 Å². The molecule has 0 heterocycles. The first-order valence-electron chi connectivity index (χ1n) is 7.97. The van der Waals surface area contributed by atoms with E-state index in [2.05, 4.69) is 0 Å². The zero-order valence-electron chi connectivity index (χ0n) is 14.4. The van der Waals surface area contributed by atoms with Gasteiger partial charge in [0.15, 0.2) is 9.84 Å². The fraction of sp³-hybridized carbons (Fsp3) is 0.150. The van der Waals surface area contributed by atoms with Crippen LogP contribution in [0.2, 0.25) is 0 Å². The Balaban J connectivity index is 2.18. The van der Waals surface area contributed by atoms with Crippen molar-refractivity contribution in [2.45, 2.75) is 17.6 Å². The molecule has 0 aliphatic carbocycles. The molecule has 0 saturated heterocycles. The van der Waals surface area contributed by atoms with Gasteiger partial charge in [-0.2, -0.15) is 0 Å². The van der Waals surface area contributed by atoms with Gasteiger partial charge in [0.1, 0.15) is 11.5 Å². The third-order valence-corrected chi connectivity index (χ3v) is 5.64. The van der Waals surface area contributed by atoms with Crippen LogP contribution in [0.25, 0.3) is 10.8 Å². The molecule has 0 aliphatic rings. The summed E-state index contributed by atoms with van der Waals surface area (Å²) in [4.78, 5) is 11.8. The smallest absolute Gasteiger partial charge is 0.308 e. The van der Waals surface area contributed by atoms with Gasteiger partial charge in [-0.1, -0.05) is 42.5 Å². The Kier molecular flexibility index (Phi) is 4.95. The molecule has 0 saturated carbocycles. The number of methoxy groups -OCH3 is 1. The summed E-state index contributed by atoms with van der Waals surface area (Å²) >= 11 is 0. The van der Waals surface area contributed by atoms with E-state index in [-0.39, 0.29) is 16.4 Å². The predicted molar refractivity (Wildman–Crippen MR) is 99.1 cm³/mol. The summed E-state index contributed by atoms with van der Waals surface area (Å²) in [5.41, 5.74) is 0.404. The third kappa shape index (κ3) is 3.55. The third-order valence-electron chi connectivity index (χ3n) is 3.95. The number of esters is 1. The monoisotopic (exact) mass is 370 g/mol. The van der Waals surface area contributed by atoms with E-state index in [0.29, 0.717) is 16.7 Å². The Morgan fingerprint density at radius 3 is 2.35 bits per heavy atom. The summed E-state index contributed by atoms with van der Waals surface area (Å²) < 4.78 is 36.3. The summed E-state index contributed by atoms with van der Waals surface area (Å²) in [6.45, 7) is 1.28. The van der Waals surface area contributed by atoms with Gasteiger partial charge in [-0.3, -0.25) is 4.79 Å². The SMILES string of the molecule is COc1cccc2ccc(CS(=O)(=O)c3ccccc3)c(OC(C)=O)c12. The molecule has 3 rings (SSSR count). The number of rotatable bonds is 5. The molecule has 0 fully saturated rings. The van der Waals surface area contributed by atoms with Crippen LogP contribution in [0.15, 0.2) is 65.6 Å². The van der Waals surface area contributed by atoms with Crippen LogP contribution in [-0.2, 0) is 20.4 Å². The number of hydrogen-bond acceptors (Lipinski definition) is 5. The van der Waals surface area contributed by atoms with Gasteiger partial charge in [0.2, 0.25) is 0 Å². The van der Waals surface area contributed by atoms with E-state index in [1.807, 2.05) is 12.1 Å². The van der Waals surface area contributed by atoms with Gasteiger partial charge in [0.25, 0.3) is 0 Å². The molecule has 0 spiro atoms. The Morgan fingerprint density at radius 2 is 1.69 bits per heavy atom. The summed E-state index contributed by atoms with van der Waals surface area (Å²) in [5.74, 6) is -0.0837. The van der Waals surface area contributed by atoms with Crippen molar-refractivity contribution in [3.05, 3.63) is 66.2 Å². The summed E-state index contributed by atoms with van der Waals surface area (Å²) in [6.07, 6.45) is 0. The van der Waals surface area contributed by atoms with Crippen molar-refractivity contribution in [3.8, 4) is 11.5 Å². The molecule has 0 atom stereocenters. The van der Waals surface area contributed by atoms with Crippen molar-refractivity contribution in [1.29, 1.82) is 0 Å². The van der Waals surface area contributed by atoms with Crippen LogP contribution in [0, 0.1) is 0 Å². The number of ether oxygens (including phenoxy) is 2. The lowest BCUT2D eigenvalue weighted by Gasteiger charge is -2.15. The number of sulfone groups is 1. The van der Waals surface area contributed by atoms with E-state index in [9.17, 15) is 13.2 Å². The molecule has 0 bridgehead atoms. The van der Waals surface area contributed by atoms with Crippen LogP contribution in [0.1, 0.15) is 12.5 Å². The van der Waals surface area contributed by atoms with Crippen LogP contribution in [0.4, 0.5) is 0 Å². The van der Waals surface area contributed by atoms with Crippen molar-refractivity contribution >= 4 is 26.6 Å². The van der Waals surface area contributed by atoms with E-state index in [0.717, 1.165) is 5.39 Å². The quantitative estimate of drug-likeness (QED) is 0.505. The topological polar surface area (TPSA) is 69.7 Å². The van der Waals surface area contributed by atoms with Crippen molar-refractivity contribution < 1.29 is 22.7 Å². The molecular formula is C20H18O5S. The van der Waals surface area contributed by atoms with Crippen molar-refractivity contribution in [2.24, 2.45) is 0 Å². The molecule has 134 valence electrons. The molecule has 0 amide bonds. The predicted octanol–water partition coefficient (Wildman–Crippen LogP) is 3.75. The number of carbonyl (C=O) groups is 1. The Morgan fingerprint density at radius 1 is 0.962 bits per heavy atom. The molecule has 0 radical (unpaired) electrons. The van der Waals surface area contributed by atoms with Crippen LogP contribution in [-0.4, -0.2) is 21.5 Å². The summed E-state index contributed by atoms with van der Waals surface area (Å²) in [5, 5.41) is 1.37. The summed E-state index contributed by atoms with van der Waals surface area (Å²) in [7, 11) is -2.08. The van der Waals surface area contributed by atoms with Crippen LogP contribution < -0.4 is 9.47 Å². The van der Waals surface area contributed by atoms with Gasteiger partial charge in [-0.05, 0) is 23.6 Å². The summed E-state index contributed by atoms with van der Waals surface area (Å²) in [6, 6.07) is 17.0. The first-order chi connectivity index (χ1) is 12.4. The van der Waals surface area contributed by atoms with E-state index < -0.39 is 15.8 Å². The van der Waals surface area contributed by atoms with Gasteiger partial charge in [-0.25, -0.2) is 8.42 Å². The molecule has 0 N–H and O–H groups in total. The van der Waals surface area contributed by atoms with E-state index in [4.69, 9.17) is 9.47 Å². The highest BCUT2D eigenvalue weighted by Gasteiger charge is 2.21. The molecule has 3 aromatic carbocycles. The normalized spacial score (nSPS) is 11.3. The van der Waals surface area contributed by atoms with Crippen molar-refractivity contribution in [1.82, 2.24) is 0 Å². The second-order valence-corrected chi connectivity index (χ2v) is 7.77. The van der Waals surface area contributed by atoms with Crippen LogP contribution in [0.5, 0.6) is 11.5 Å².